The maximum absolute atomic E-state index is 13.2. The summed E-state index contributed by atoms with van der Waals surface area (Å²) >= 11 is 0. The molecule has 1 aromatic carbocycles. The Morgan fingerprint density at radius 2 is 2.00 bits per heavy atom. The summed E-state index contributed by atoms with van der Waals surface area (Å²) in [7, 11) is 1.71. The van der Waals surface area contributed by atoms with Crippen molar-refractivity contribution < 1.29 is 4.79 Å². The fourth-order valence-electron chi connectivity index (χ4n) is 4.66. The van der Waals surface area contributed by atoms with Crippen LogP contribution in [-0.4, -0.2) is 33.8 Å². The van der Waals surface area contributed by atoms with Gasteiger partial charge in [0.1, 0.15) is 6.33 Å². The van der Waals surface area contributed by atoms with Gasteiger partial charge in [-0.1, -0.05) is 19.1 Å². The van der Waals surface area contributed by atoms with Gasteiger partial charge < -0.3 is 5.73 Å². The molecule has 1 unspecified atom stereocenters. The molecule has 1 saturated carbocycles. The van der Waals surface area contributed by atoms with Gasteiger partial charge in [-0.3, -0.25) is 9.69 Å². The molecule has 6 nitrogen and oxygen atoms in total. The molecule has 126 valence electrons. The maximum Gasteiger partial charge on any atom is 0.262 e. The molecule has 0 bridgehead atoms. The van der Waals surface area contributed by atoms with Crippen molar-refractivity contribution in [2.75, 3.05) is 7.05 Å². The normalized spacial score (nSPS) is 32.4. The first-order valence-electron chi connectivity index (χ1n) is 8.48. The molecule has 3 aliphatic rings. The predicted molar refractivity (Wildman–Crippen MR) is 93.5 cm³/mol. The van der Waals surface area contributed by atoms with Crippen LogP contribution in [0.25, 0.3) is 11.1 Å². The predicted octanol–water partition coefficient (Wildman–Crippen LogP) is 1.71. The van der Waals surface area contributed by atoms with Gasteiger partial charge in [0.15, 0.2) is 11.5 Å². The van der Waals surface area contributed by atoms with Crippen LogP contribution in [0.1, 0.15) is 24.5 Å². The Hall–Kier alpha value is -2.76. The third-order valence-electron chi connectivity index (χ3n) is 6.13. The molecular formula is C19H19N5O. The molecule has 3 atom stereocenters. The van der Waals surface area contributed by atoms with Gasteiger partial charge in [-0.15, -0.1) is 0 Å². The number of nitrogens with zero attached hydrogens (tertiary/aromatic N) is 4. The van der Waals surface area contributed by atoms with Crippen molar-refractivity contribution >= 4 is 11.9 Å². The number of hydrogen-bond acceptors (Lipinski definition) is 5. The molecule has 1 amide bonds. The molecule has 0 radical (unpaired) electrons. The molecule has 1 aromatic heterocycles. The van der Waals surface area contributed by atoms with E-state index in [0.717, 1.165) is 29.5 Å². The van der Waals surface area contributed by atoms with E-state index in [9.17, 15) is 4.79 Å². The number of aromatic nitrogens is 2. The van der Waals surface area contributed by atoms with Crippen LogP contribution in [0, 0.1) is 11.3 Å². The first-order chi connectivity index (χ1) is 12.0. The van der Waals surface area contributed by atoms with Crippen molar-refractivity contribution in [1.82, 2.24) is 14.9 Å². The number of hydrogen-bond donors (Lipinski definition) is 1. The molecule has 1 spiro atoms. The van der Waals surface area contributed by atoms with Gasteiger partial charge in [0.25, 0.3) is 5.91 Å². The van der Waals surface area contributed by atoms with E-state index in [2.05, 4.69) is 35.1 Å². The van der Waals surface area contributed by atoms with Crippen molar-refractivity contribution in [2.45, 2.75) is 25.3 Å². The highest BCUT2D eigenvalue weighted by Crippen LogP contribution is 2.68. The molecule has 0 saturated heterocycles. The molecule has 1 fully saturated rings. The Kier molecular flexibility index (Phi) is 2.59. The summed E-state index contributed by atoms with van der Waals surface area (Å²) in [4.78, 5) is 27.6. The lowest BCUT2D eigenvalue weighted by Crippen LogP contribution is -2.45. The minimum atomic E-state index is -0.868. The van der Waals surface area contributed by atoms with Crippen LogP contribution in [0.2, 0.25) is 0 Å². The summed E-state index contributed by atoms with van der Waals surface area (Å²) in [6.45, 7) is 2.25. The minimum absolute atomic E-state index is 0.0128. The van der Waals surface area contributed by atoms with Crippen LogP contribution in [0.5, 0.6) is 0 Å². The van der Waals surface area contributed by atoms with Gasteiger partial charge in [0.05, 0.1) is 0 Å². The number of carbonyl (C=O) groups excluding carboxylic acids is 1. The van der Waals surface area contributed by atoms with Crippen molar-refractivity contribution in [3.8, 4) is 11.1 Å². The topological polar surface area (TPSA) is 84.5 Å². The van der Waals surface area contributed by atoms with Crippen molar-refractivity contribution in [3.05, 3.63) is 48.0 Å². The van der Waals surface area contributed by atoms with Crippen LogP contribution >= 0.6 is 0 Å². The first kappa shape index (κ1) is 14.6. The lowest BCUT2D eigenvalue weighted by molar-refractivity contribution is -0.132. The summed E-state index contributed by atoms with van der Waals surface area (Å²) in [5.41, 5.74) is 9.42. The number of rotatable bonds is 1. The molecule has 2 heterocycles. The van der Waals surface area contributed by atoms with Gasteiger partial charge in [-0.25, -0.2) is 15.0 Å². The lowest BCUT2D eigenvalue weighted by Gasteiger charge is -2.35. The Bertz CT molecular complexity index is 940. The highest BCUT2D eigenvalue weighted by atomic mass is 16.2. The van der Waals surface area contributed by atoms with E-state index in [1.807, 2.05) is 0 Å². The van der Waals surface area contributed by atoms with Gasteiger partial charge in [0, 0.05) is 30.9 Å². The molecule has 2 aliphatic carbocycles. The second kappa shape index (κ2) is 4.45. The summed E-state index contributed by atoms with van der Waals surface area (Å²) < 4.78 is 0. The maximum atomic E-state index is 13.2. The number of amides is 1. The molecule has 5 rings (SSSR count). The highest BCUT2D eigenvalue weighted by molar-refractivity contribution is 6.08. The Labute approximate surface area is 145 Å². The van der Waals surface area contributed by atoms with Crippen molar-refractivity contribution in [2.24, 2.45) is 22.1 Å². The zero-order valence-corrected chi connectivity index (χ0v) is 14.2. The Morgan fingerprint density at radius 3 is 2.68 bits per heavy atom. The molecule has 6 heteroatoms. The van der Waals surface area contributed by atoms with Gasteiger partial charge in [-0.2, -0.15) is 0 Å². The second-order valence-electron chi connectivity index (χ2n) is 7.69. The van der Waals surface area contributed by atoms with Crippen LogP contribution in [0.4, 0.5) is 0 Å². The summed E-state index contributed by atoms with van der Waals surface area (Å²) in [5.74, 6) is 0.507. The van der Waals surface area contributed by atoms with Gasteiger partial charge >= 0.3 is 0 Å². The molecular weight excluding hydrogens is 314 g/mol. The smallest absolute Gasteiger partial charge is 0.262 e. The van der Waals surface area contributed by atoms with Crippen LogP contribution < -0.4 is 5.73 Å². The van der Waals surface area contributed by atoms with Gasteiger partial charge in [0.2, 0.25) is 0 Å². The fourth-order valence-corrected chi connectivity index (χ4v) is 4.66. The Balaban J connectivity index is 1.74. The van der Waals surface area contributed by atoms with Crippen LogP contribution in [0.3, 0.4) is 0 Å². The SMILES string of the molecule is CN1C(=O)[C@@]2(N=C1N)c1cc(-c3cncnc3)ccc1CC1(C)C[C@@H]12. The van der Waals surface area contributed by atoms with E-state index >= 15 is 0 Å². The van der Waals surface area contributed by atoms with E-state index in [4.69, 9.17) is 10.7 Å². The summed E-state index contributed by atoms with van der Waals surface area (Å²) in [6, 6.07) is 6.28. The van der Waals surface area contributed by atoms with E-state index in [0.29, 0.717) is 5.96 Å². The minimum Gasteiger partial charge on any atom is -0.369 e. The van der Waals surface area contributed by atoms with Crippen LogP contribution in [0.15, 0.2) is 41.9 Å². The highest BCUT2D eigenvalue weighted by Gasteiger charge is 2.70. The standard InChI is InChI=1S/C19H19N5O/c1-18-6-12-4-3-11(13-8-21-10-22-9-13)5-14(12)19(15(18)7-18)16(25)24(2)17(20)23-19/h3-5,8-10,15H,6-7H2,1-2H3,(H2,20,23)/t15-,18?,19+/m0/s1. The molecule has 1 aliphatic heterocycles. The van der Waals surface area contributed by atoms with E-state index in [1.54, 1.807) is 19.4 Å². The average Bonchev–Trinajstić information content (AvgIpc) is 3.26. The second-order valence-corrected chi connectivity index (χ2v) is 7.69. The fraction of sp³-hybridized carbons (Fsp3) is 0.368. The first-order valence-corrected chi connectivity index (χ1v) is 8.48. The zero-order chi connectivity index (χ0) is 17.4. The number of fused-ring (bicyclic) bond motifs is 4. The number of likely N-dealkylation sites (N-methyl/N-ethyl adjacent to an activating group) is 1. The van der Waals surface area contributed by atoms with E-state index < -0.39 is 5.54 Å². The number of guanidine groups is 1. The quantitative estimate of drug-likeness (QED) is 0.861. The lowest BCUT2D eigenvalue weighted by atomic mass is 9.71. The number of nitrogens with two attached hydrogens (primary N) is 1. The third kappa shape index (κ3) is 1.74. The molecule has 2 N–H and O–H groups in total. The summed E-state index contributed by atoms with van der Waals surface area (Å²) in [5, 5.41) is 0. The molecule has 25 heavy (non-hydrogen) atoms. The Morgan fingerprint density at radius 1 is 1.24 bits per heavy atom. The average molecular weight is 333 g/mol. The van der Waals surface area contributed by atoms with Crippen molar-refractivity contribution in [3.63, 3.8) is 0 Å². The largest absolute Gasteiger partial charge is 0.369 e. The van der Waals surface area contributed by atoms with Crippen molar-refractivity contribution in [1.29, 1.82) is 0 Å². The van der Waals surface area contributed by atoms with Gasteiger partial charge in [-0.05, 0) is 41.0 Å². The number of benzene rings is 1. The van der Waals surface area contributed by atoms with E-state index in [1.165, 1.54) is 16.8 Å². The monoisotopic (exact) mass is 333 g/mol. The molecule has 2 aromatic rings. The third-order valence-corrected chi connectivity index (χ3v) is 6.13. The number of carbonyl (C=O) groups is 1. The van der Waals surface area contributed by atoms with E-state index in [-0.39, 0.29) is 17.2 Å². The summed E-state index contributed by atoms with van der Waals surface area (Å²) in [6.07, 6.45) is 7.06. The zero-order valence-electron chi connectivity index (χ0n) is 14.2. The van der Waals surface area contributed by atoms with Crippen LogP contribution in [-0.2, 0) is 16.8 Å². The number of aliphatic imine (C=N–C) groups is 1.